The summed E-state index contributed by atoms with van der Waals surface area (Å²) in [6.45, 7) is 2.06. The average molecular weight is 317 g/mol. The summed E-state index contributed by atoms with van der Waals surface area (Å²) in [6.07, 6.45) is -4.03. The summed E-state index contributed by atoms with van der Waals surface area (Å²) >= 11 is 1.45. The summed E-state index contributed by atoms with van der Waals surface area (Å²) in [7, 11) is 0. The van der Waals surface area contributed by atoms with Gasteiger partial charge in [-0.25, -0.2) is 4.98 Å². The van der Waals surface area contributed by atoms with Gasteiger partial charge in [-0.2, -0.15) is 24.5 Å². The number of thiophene rings is 1. The van der Waals surface area contributed by atoms with E-state index in [0.29, 0.717) is 12.3 Å². The van der Waals surface area contributed by atoms with E-state index in [1.54, 1.807) is 0 Å². The number of aryl methyl sites for hydroxylation is 1. The fraction of sp³-hybridized carbons (Fsp3) is 0.250. The van der Waals surface area contributed by atoms with E-state index < -0.39 is 22.5 Å². The zero-order chi connectivity index (χ0) is 15.6. The molecule has 0 spiro atoms. The highest BCUT2D eigenvalue weighted by Gasteiger charge is 2.34. The van der Waals surface area contributed by atoms with E-state index in [1.165, 1.54) is 11.3 Å². The quantitative estimate of drug-likeness (QED) is 0.684. The van der Waals surface area contributed by atoms with Gasteiger partial charge in [-0.3, -0.25) is 10.1 Å². The van der Waals surface area contributed by atoms with E-state index in [4.69, 9.17) is 0 Å². The Morgan fingerprint density at radius 3 is 2.67 bits per heavy atom. The molecule has 2 aromatic heterocycles. The van der Waals surface area contributed by atoms with Crippen LogP contribution < -0.4 is 5.32 Å². The first-order valence-corrected chi connectivity index (χ1v) is 6.70. The molecule has 0 aliphatic carbocycles. The minimum atomic E-state index is -4.65. The van der Waals surface area contributed by atoms with Crippen LogP contribution in [-0.2, 0) is 12.7 Å². The largest absolute Gasteiger partial charge is 0.433 e. The Kier molecular flexibility index (Phi) is 4.12. The number of nitrogens with zero attached hydrogens (tertiary/aromatic N) is 2. The minimum absolute atomic E-state index is 0.201. The van der Waals surface area contributed by atoms with Gasteiger partial charge in [0.05, 0.1) is 4.92 Å². The highest BCUT2D eigenvalue weighted by Crippen LogP contribution is 2.33. The van der Waals surface area contributed by atoms with Gasteiger partial charge < -0.3 is 5.32 Å². The first kappa shape index (κ1) is 15.2. The Labute approximate surface area is 121 Å². The number of nitrogens with one attached hydrogen (secondary N) is 1. The Balaban J connectivity index is 2.31. The number of hydrogen-bond acceptors (Lipinski definition) is 5. The van der Waals surface area contributed by atoms with Crippen LogP contribution in [0.4, 0.5) is 24.5 Å². The van der Waals surface area contributed by atoms with Crippen molar-refractivity contribution in [2.24, 2.45) is 0 Å². The Morgan fingerprint density at radius 1 is 1.43 bits per heavy atom. The maximum absolute atomic E-state index is 12.6. The lowest BCUT2D eigenvalue weighted by Crippen LogP contribution is -2.11. The maximum Gasteiger partial charge on any atom is 0.433 e. The van der Waals surface area contributed by atoms with Crippen molar-refractivity contribution >= 4 is 22.7 Å². The zero-order valence-electron chi connectivity index (χ0n) is 10.8. The molecule has 0 atom stereocenters. The lowest BCUT2D eigenvalue weighted by molar-refractivity contribution is -0.384. The third-order valence-corrected chi connectivity index (χ3v) is 3.71. The number of aromatic nitrogens is 1. The van der Waals surface area contributed by atoms with E-state index in [0.717, 1.165) is 11.1 Å². The normalized spacial score (nSPS) is 11.4. The van der Waals surface area contributed by atoms with Crippen molar-refractivity contribution in [2.75, 3.05) is 5.32 Å². The van der Waals surface area contributed by atoms with Crippen LogP contribution in [0.15, 0.2) is 23.0 Å². The van der Waals surface area contributed by atoms with Crippen LogP contribution >= 0.6 is 11.3 Å². The zero-order valence-corrected chi connectivity index (χ0v) is 11.6. The fourth-order valence-corrected chi connectivity index (χ4v) is 2.51. The van der Waals surface area contributed by atoms with Crippen LogP contribution in [0.5, 0.6) is 0 Å². The molecule has 0 aliphatic heterocycles. The highest BCUT2D eigenvalue weighted by atomic mass is 32.1. The molecule has 0 unspecified atom stereocenters. The Hall–Kier alpha value is -2.16. The van der Waals surface area contributed by atoms with E-state index in [2.05, 4.69) is 10.3 Å². The molecular formula is C12H10F3N3O2S. The number of anilines is 1. The van der Waals surface area contributed by atoms with E-state index in [1.807, 2.05) is 17.7 Å². The maximum atomic E-state index is 12.6. The number of pyridine rings is 1. The molecule has 0 saturated heterocycles. The van der Waals surface area contributed by atoms with E-state index >= 15 is 0 Å². The summed E-state index contributed by atoms with van der Waals surface area (Å²) in [5.41, 5.74) is -0.0126. The second kappa shape index (κ2) is 5.68. The summed E-state index contributed by atoms with van der Waals surface area (Å²) in [5, 5.41) is 17.3. The van der Waals surface area contributed by atoms with Crippen molar-refractivity contribution in [1.82, 2.24) is 4.98 Å². The predicted octanol–water partition coefficient (Wildman–Crippen LogP) is 3.99. The molecule has 0 bridgehead atoms. The topological polar surface area (TPSA) is 68.1 Å². The fourth-order valence-electron chi connectivity index (χ4n) is 1.65. The molecule has 0 aliphatic rings. The van der Waals surface area contributed by atoms with E-state index in [-0.39, 0.29) is 12.2 Å². The summed E-state index contributed by atoms with van der Waals surface area (Å²) in [6, 6.07) is 0.653. The monoisotopic (exact) mass is 317 g/mol. The molecule has 0 radical (unpaired) electrons. The molecule has 2 rings (SSSR count). The number of halogens is 3. The van der Waals surface area contributed by atoms with Gasteiger partial charge in [-0.15, -0.1) is 0 Å². The highest BCUT2D eigenvalue weighted by molar-refractivity contribution is 7.08. The van der Waals surface area contributed by atoms with Gasteiger partial charge in [0.25, 0.3) is 0 Å². The minimum Gasteiger partial charge on any atom is -0.375 e. The van der Waals surface area contributed by atoms with Crippen molar-refractivity contribution < 1.29 is 18.1 Å². The van der Waals surface area contributed by atoms with Gasteiger partial charge >= 0.3 is 11.9 Å². The lowest BCUT2D eigenvalue weighted by Gasteiger charge is -2.10. The third kappa shape index (κ3) is 3.48. The number of alkyl halides is 3. The SMILES string of the molecule is Cc1cscc1CNc1cc(C(F)(F)F)ncc1[N+](=O)[O-]. The number of hydrogen-bond donors (Lipinski definition) is 1. The Morgan fingerprint density at radius 2 is 2.14 bits per heavy atom. The number of rotatable bonds is 4. The third-order valence-electron chi connectivity index (χ3n) is 2.80. The van der Waals surface area contributed by atoms with Gasteiger partial charge in [-0.05, 0) is 34.9 Å². The Bertz CT molecular complexity index is 670. The van der Waals surface area contributed by atoms with Gasteiger partial charge in [-0.1, -0.05) is 0 Å². The van der Waals surface area contributed by atoms with Crippen molar-refractivity contribution in [2.45, 2.75) is 19.6 Å². The smallest absolute Gasteiger partial charge is 0.375 e. The molecule has 5 nitrogen and oxygen atoms in total. The van der Waals surface area contributed by atoms with Crippen LogP contribution in [0.3, 0.4) is 0 Å². The molecule has 0 aromatic carbocycles. The molecule has 9 heteroatoms. The molecule has 1 N–H and O–H groups in total. The molecule has 0 fully saturated rings. The predicted molar refractivity (Wildman–Crippen MR) is 72.3 cm³/mol. The van der Waals surface area contributed by atoms with Gasteiger partial charge in [0.15, 0.2) is 0 Å². The standard InChI is InChI=1S/C12H10F3N3O2S/c1-7-5-21-6-8(7)3-16-9-2-11(12(13,14)15)17-4-10(9)18(19)20/h2,4-6H,3H2,1H3,(H,16,17). The molecular weight excluding hydrogens is 307 g/mol. The van der Waals surface area contributed by atoms with Crippen LogP contribution in [0.2, 0.25) is 0 Å². The second-order valence-corrected chi connectivity index (χ2v) is 5.02. The van der Waals surface area contributed by atoms with Gasteiger partial charge in [0.1, 0.15) is 17.6 Å². The van der Waals surface area contributed by atoms with E-state index in [9.17, 15) is 23.3 Å². The van der Waals surface area contributed by atoms with Gasteiger partial charge in [0, 0.05) is 6.54 Å². The van der Waals surface area contributed by atoms with Crippen molar-refractivity contribution in [3.63, 3.8) is 0 Å². The summed E-state index contributed by atoms with van der Waals surface area (Å²) < 4.78 is 37.9. The van der Waals surface area contributed by atoms with Gasteiger partial charge in [0.2, 0.25) is 0 Å². The van der Waals surface area contributed by atoms with Crippen molar-refractivity contribution in [3.8, 4) is 0 Å². The van der Waals surface area contributed by atoms with Crippen molar-refractivity contribution in [1.29, 1.82) is 0 Å². The second-order valence-electron chi connectivity index (χ2n) is 4.28. The first-order valence-electron chi connectivity index (χ1n) is 5.76. The molecule has 0 saturated carbocycles. The van der Waals surface area contributed by atoms with Crippen LogP contribution in [0.25, 0.3) is 0 Å². The molecule has 2 heterocycles. The molecule has 112 valence electrons. The summed E-state index contributed by atoms with van der Waals surface area (Å²) in [5.74, 6) is 0. The molecule has 2 aromatic rings. The van der Waals surface area contributed by atoms with Crippen LogP contribution in [-0.4, -0.2) is 9.91 Å². The number of nitro groups is 1. The first-order chi connectivity index (χ1) is 9.79. The van der Waals surface area contributed by atoms with Crippen molar-refractivity contribution in [3.05, 3.63) is 50.0 Å². The average Bonchev–Trinajstić information content (AvgIpc) is 2.80. The lowest BCUT2D eigenvalue weighted by atomic mass is 10.2. The van der Waals surface area contributed by atoms with Crippen LogP contribution in [0, 0.1) is 17.0 Å². The molecule has 0 amide bonds. The van der Waals surface area contributed by atoms with Crippen LogP contribution in [0.1, 0.15) is 16.8 Å². The molecule has 21 heavy (non-hydrogen) atoms. The summed E-state index contributed by atoms with van der Waals surface area (Å²) in [4.78, 5) is 13.2.